The van der Waals surface area contributed by atoms with Gasteiger partial charge in [0.2, 0.25) is 0 Å². The van der Waals surface area contributed by atoms with Crippen LogP contribution < -0.4 is 9.47 Å². The molecule has 1 fully saturated rings. The van der Waals surface area contributed by atoms with E-state index in [1.807, 2.05) is 12.1 Å². The Labute approximate surface area is 128 Å². The molecule has 6 heteroatoms. The Bertz CT molecular complexity index is 600. The first-order valence-electron chi connectivity index (χ1n) is 7.47. The van der Waals surface area contributed by atoms with Gasteiger partial charge in [-0.3, -0.25) is 4.79 Å². The minimum absolute atomic E-state index is 0.147. The van der Waals surface area contributed by atoms with Crippen LogP contribution in [0.15, 0.2) is 18.2 Å². The Kier molecular flexibility index (Phi) is 3.92. The maximum Gasteiger partial charge on any atom is 0.394 e. The number of amides is 1. The van der Waals surface area contributed by atoms with E-state index in [1.54, 1.807) is 13.2 Å². The van der Waals surface area contributed by atoms with Crippen LogP contribution in [0.4, 0.5) is 0 Å². The number of methoxy groups -OCH3 is 1. The molecular formula is C16H19NO5. The minimum atomic E-state index is -1.42. The lowest BCUT2D eigenvalue weighted by molar-refractivity contribution is -0.159. The molecule has 1 saturated carbocycles. The normalized spacial score (nSPS) is 23.6. The van der Waals surface area contributed by atoms with Gasteiger partial charge in [0, 0.05) is 5.56 Å². The minimum Gasteiger partial charge on any atom is -0.497 e. The fourth-order valence-corrected chi connectivity index (χ4v) is 3.30. The van der Waals surface area contributed by atoms with Crippen molar-refractivity contribution in [2.45, 2.75) is 44.4 Å². The second kappa shape index (κ2) is 5.87. The van der Waals surface area contributed by atoms with Gasteiger partial charge in [-0.1, -0.05) is 6.42 Å². The van der Waals surface area contributed by atoms with Crippen molar-refractivity contribution in [1.29, 1.82) is 0 Å². The van der Waals surface area contributed by atoms with Crippen LogP contribution in [0.2, 0.25) is 0 Å². The van der Waals surface area contributed by atoms with Crippen molar-refractivity contribution < 1.29 is 24.2 Å². The number of nitrogens with zero attached hydrogens (tertiary/aromatic N) is 1. The van der Waals surface area contributed by atoms with E-state index < -0.39 is 11.9 Å². The Balaban J connectivity index is 2.00. The maximum atomic E-state index is 12.1. The van der Waals surface area contributed by atoms with Crippen molar-refractivity contribution in [2.75, 3.05) is 7.11 Å². The highest BCUT2D eigenvalue weighted by molar-refractivity contribution is 6.31. The number of aliphatic carboxylic acids is 1. The zero-order valence-electron chi connectivity index (χ0n) is 12.4. The zero-order chi connectivity index (χ0) is 15.7. The van der Waals surface area contributed by atoms with Gasteiger partial charge in [0.15, 0.2) is 0 Å². The number of rotatable bonds is 1. The molecule has 0 aromatic heterocycles. The van der Waals surface area contributed by atoms with E-state index in [-0.39, 0.29) is 18.7 Å². The Hall–Kier alpha value is -2.24. The number of carbonyl (C=O) groups is 2. The van der Waals surface area contributed by atoms with E-state index in [0.29, 0.717) is 11.5 Å². The smallest absolute Gasteiger partial charge is 0.394 e. The first-order valence-corrected chi connectivity index (χ1v) is 7.47. The van der Waals surface area contributed by atoms with Crippen LogP contribution in [0.3, 0.4) is 0 Å². The van der Waals surface area contributed by atoms with Gasteiger partial charge in [-0.15, -0.1) is 0 Å². The van der Waals surface area contributed by atoms with E-state index in [4.69, 9.17) is 14.6 Å². The maximum absolute atomic E-state index is 12.1. The molecule has 1 aliphatic heterocycles. The standard InChI is InChI=1S/C16H19NO5/c1-21-11-6-7-13-10(8-11)9-17(15(18)16(19)20)12-4-2-3-5-14(12)22-13/h6-8,12,14H,2-5,9H2,1H3,(H,19,20)/t12-,14+/m1/s1. The fourth-order valence-electron chi connectivity index (χ4n) is 3.30. The van der Waals surface area contributed by atoms with Crippen LogP contribution in [-0.2, 0) is 16.1 Å². The van der Waals surface area contributed by atoms with Crippen LogP contribution in [0, 0.1) is 0 Å². The van der Waals surface area contributed by atoms with Crippen molar-refractivity contribution in [3.05, 3.63) is 23.8 Å². The Morgan fingerprint density at radius 2 is 2.09 bits per heavy atom. The van der Waals surface area contributed by atoms with Gasteiger partial charge in [0.1, 0.15) is 17.6 Å². The monoisotopic (exact) mass is 305 g/mol. The summed E-state index contributed by atoms with van der Waals surface area (Å²) in [6, 6.07) is 5.25. The van der Waals surface area contributed by atoms with Gasteiger partial charge in [-0.25, -0.2) is 4.79 Å². The van der Waals surface area contributed by atoms with Gasteiger partial charge in [-0.2, -0.15) is 0 Å². The molecular weight excluding hydrogens is 286 g/mol. The number of carboxylic acids is 1. The first-order chi connectivity index (χ1) is 10.6. The fraction of sp³-hybridized carbons (Fsp3) is 0.500. The zero-order valence-corrected chi connectivity index (χ0v) is 12.4. The molecule has 2 aliphatic rings. The predicted molar refractivity (Wildman–Crippen MR) is 77.9 cm³/mol. The van der Waals surface area contributed by atoms with Gasteiger partial charge in [0.05, 0.1) is 19.7 Å². The molecule has 1 aromatic carbocycles. The Morgan fingerprint density at radius 3 is 2.82 bits per heavy atom. The summed E-state index contributed by atoms with van der Waals surface area (Å²) < 4.78 is 11.3. The van der Waals surface area contributed by atoms with Crippen molar-refractivity contribution in [3.63, 3.8) is 0 Å². The summed E-state index contributed by atoms with van der Waals surface area (Å²) in [7, 11) is 1.57. The second-order valence-electron chi connectivity index (χ2n) is 5.72. The third kappa shape index (κ3) is 2.61. The molecule has 0 unspecified atom stereocenters. The number of ether oxygens (including phenoxy) is 2. The number of carbonyl (C=O) groups excluding carboxylic acids is 1. The number of hydrogen-bond donors (Lipinski definition) is 1. The number of fused-ring (bicyclic) bond motifs is 2. The lowest BCUT2D eigenvalue weighted by Crippen LogP contribution is -2.50. The summed E-state index contributed by atoms with van der Waals surface area (Å²) in [6.07, 6.45) is 3.47. The van der Waals surface area contributed by atoms with Gasteiger partial charge >= 0.3 is 11.9 Å². The number of hydrogen-bond acceptors (Lipinski definition) is 4. The van der Waals surface area contributed by atoms with Crippen molar-refractivity contribution in [2.24, 2.45) is 0 Å². The van der Waals surface area contributed by atoms with Crippen molar-refractivity contribution in [3.8, 4) is 11.5 Å². The quantitative estimate of drug-likeness (QED) is 0.801. The molecule has 3 rings (SSSR count). The molecule has 1 aliphatic carbocycles. The second-order valence-corrected chi connectivity index (χ2v) is 5.72. The number of benzene rings is 1. The van der Waals surface area contributed by atoms with Gasteiger partial charge in [0.25, 0.3) is 0 Å². The lowest BCUT2D eigenvalue weighted by Gasteiger charge is -2.36. The summed E-state index contributed by atoms with van der Waals surface area (Å²) >= 11 is 0. The molecule has 1 amide bonds. The third-order valence-electron chi connectivity index (χ3n) is 4.40. The van der Waals surface area contributed by atoms with Crippen molar-refractivity contribution in [1.82, 2.24) is 4.90 Å². The van der Waals surface area contributed by atoms with Gasteiger partial charge < -0.3 is 19.5 Å². The molecule has 0 saturated heterocycles. The van der Waals surface area contributed by atoms with E-state index in [2.05, 4.69) is 0 Å². The molecule has 0 spiro atoms. The van der Waals surface area contributed by atoms with E-state index >= 15 is 0 Å². The molecule has 2 atom stereocenters. The van der Waals surface area contributed by atoms with Crippen LogP contribution in [0.25, 0.3) is 0 Å². The van der Waals surface area contributed by atoms with Crippen molar-refractivity contribution >= 4 is 11.9 Å². The largest absolute Gasteiger partial charge is 0.497 e. The molecule has 0 radical (unpaired) electrons. The summed E-state index contributed by atoms with van der Waals surface area (Å²) in [4.78, 5) is 24.7. The lowest BCUT2D eigenvalue weighted by atomic mass is 9.91. The van der Waals surface area contributed by atoms with Gasteiger partial charge in [-0.05, 0) is 37.5 Å². The third-order valence-corrected chi connectivity index (χ3v) is 4.40. The molecule has 1 aromatic rings. The average Bonchev–Trinajstić information content (AvgIpc) is 2.69. The summed E-state index contributed by atoms with van der Waals surface area (Å²) in [5.74, 6) is -0.917. The predicted octanol–water partition coefficient (Wildman–Crippen LogP) is 1.81. The molecule has 118 valence electrons. The topological polar surface area (TPSA) is 76.1 Å². The molecule has 0 bridgehead atoms. The highest BCUT2D eigenvalue weighted by Gasteiger charge is 2.39. The SMILES string of the molecule is COc1ccc2c(c1)CN(C(=O)C(=O)O)[C@@H]1CCCC[C@@H]1O2. The summed E-state index contributed by atoms with van der Waals surface area (Å²) in [5.41, 5.74) is 0.781. The highest BCUT2D eigenvalue weighted by Crippen LogP contribution is 2.35. The molecule has 22 heavy (non-hydrogen) atoms. The summed E-state index contributed by atoms with van der Waals surface area (Å²) in [6.45, 7) is 0.235. The van der Waals surface area contributed by atoms with E-state index in [9.17, 15) is 9.59 Å². The van der Waals surface area contributed by atoms with Crippen LogP contribution >= 0.6 is 0 Å². The molecule has 1 N–H and O–H groups in total. The first kappa shape index (κ1) is 14.7. The van der Waals surface area contributed by atoms with Crippen LogP contribution in [0.5, 0.6) is 11.5 Å². The van der Waals surface area contributed by atoms with Crippen LogP contribution in [-0.4, -0.2) is 41.1 Å². The summed E-state index contributed by atoms with van der Waals surface area (Å²) in [5, 5.41) is 9.11. The average molecular weight is 305 g/mol. The molecule has 6 nitrogen and oxygen atoms in total. The number of carboxylic acid groups (broad SMARTS) is 1. The van der Waals surface area contributed by atoms with E-state index in [1.165, 1.54) is 4.90 Å². The van der Waals surface area contributed by atoms with Crippen LogP contribution in [0.1, 0.15) is 31.2 Å². The highest BCUT2D eigenvalue weighted by atomic mass is 16.5. The molecule has 1 heterocycles. The van der Waals surface area contributed by atoms with E-state index in [0.717, 1.165) is 31.2 Å². The Morgan fingerprint density at radius 1 is 1.32 bits per heavy atom.